The Balaban J connectivity index is 1.36. The Morgan fingerprint density at radius 3 is 2.23 bits per heavy atom. The van der Waals surface area contributed by atoms with Crippen molar-refractivity contribution in [2.75, 3.05) is 5.32 Å². The van der Waals surface area contributed by atoms with Crippen molar-refractivity contribution in [3.63, 3.8) is 0 Å². The van der Waals surface area contributed by atoms with Crippen molar-refractivity contribution in [2.45, 2.75) is 12.0 Å². The van der Waals surface area contributed by atoms with Gasteiger partial charge in [-0.3, -0.25) is 19.1 Å². The fraction of sp³-hybridized carbons (Fsp3) is 0.0938. The van der Waals surface area contributed by atoms with Crippen LogP contribution in [-0.4, -0.2) is 42.6 Å². The lowest BCUT2D eigenvalue weighted by Crippen LogP contribution is -2.48. The highest BCUT2D eigenvalue weighted by Crippen LogP contribution is 2.31. The summed E-state index contributed by atoms with van der Waals surface area (Å²) < 4.78 is 16.9. The van der Waals surface area contributed by atoms with Gasteiger partial charge in [-0.2, -0.15) is 5.10 Å². The summed E-state index contributed by atoms with van der Waals surface area (Å²) in [6, 6.07) is 23.5. The summed E-state index contributed by atoms with van der Waals surface area (Å²) in [5.41, 5.74) is 2.85. The van der Waals surface area contributed by atoms with Gasteiger partial charge in [-0.15, -0.1) is 0 Å². The van der Waals surface area contributed by atoms with E-state index in [1.54, 1.807) is 19.2 Å². The Morgan fingerprint density at radius 1 is 0.907 bits per heavy atom. The third-order valence-electron chi connectivity index (χ3n) is 7.27. The lowest BCUT2D eigenvalue weighted by molar-refractivity contribution is -0.118. The largest absolute Gasteiger partial charge is 0.340 e. The zero-order valence-electron chi connectivity index (χ0n) is 22.9. The molecule has 0 unspecified atom stereocenters. The fourth-order valence-corrected chi connectivity index (χ4v) is 5.20. The van der Waals surface area contributed by atoms with E-state index in [0.717, 1.165) is 11.1 Å². The molecule has 0 spiro atoms. The van der Waals surface area contributed by atoms with Gasteiger partial charge >= 0.3 is 0 Å². The van der Waals surface area contributed by atoms with E-state index < -0.39 is 29.6 Å². The number of hydrogen-bond acceptors (Lipinski definition) is 5. The number of nitrogens with one attached hydrogen (secondary N) is 4. The number of aromatic nitrogens is 5. The number of carbonyl (C=O) groups excluding carboxylic acids is 2. The van der Waals surface area contributed by atoms with Crippen LogP contribution < -0.4 is 16.2 Å². The van der Waals surface area contributed by atoms with Gasteiger partial charge in [0.15, 0.2) is 0 Å². The van der Waals surface area contributed by atoms with E-state index in [2.05, 4.69) is 30.7 Å². The Morgan fingerprint density at radius 2 is 1.60 bits per heavy atom. The second-order valence-electron chi connectivity index (χ2n) is 9.93. The van der Waals surface area contributed by atoms with Crippen molar-refractivity contribution in [2.24, 2.45) is 7.05 Å². The number of rotatable bonds is 8. The molecule has 1 atom stereocenters. The Kier molecular flexibility index (Phi) is 7.35. The molecule has 4 N–H and O–H groups in total. The summed E-state index contributed by atoms with van der Waals surface area (Å²) >= 11 is 0. The highest BCUT2D eigenvalue weighted by Gasteiger charge is 2.33. The molecule has 3 aromatic carbocycles. The number of halogens is 1. The standard InChI is InChI=1S/C32H26FN7O3/c1-40-25(14-15-37-40)30(41)39-28(26(19-8-4-2-5-9-19)20-10-6-3-7-11-20)32(43)38-21-12-13-22(24(33)16-21)23-17-34-31(42)29-27(23)35-18-36-29/h2-18,26,28H,1H3,(H,34,42)(H,35,36)(H,38,43)(H,39,41)/t28-/m0/s1. The fourth-order valence-electron chi connectivity index (χ4n) is 5.20. The summed E-state index contributed by atoms with van der Waals surface area (Å²) in [7, 11) is 1.64. The van der Waals surface area contributed by atoms with Gasteiger partial charge in [0, 0.05) is 42.2 Å². The molecular weight excluding hydrogens is 549 g/mol. The van der Waals surface area contributed by atoms with Gasteiger partial charge in [-0.25, -0.2) is 9.37 Å². The molecule has 0 fully saturated rings. The number of imidazole rings is 1. The van der Waals surface area contributed by atoms with Crippen LogP contribution >= 0.6 is 0 Å². The van der Waals surface area contributed by atoms with Crippen LogP contribution in [0.5, 0.6) is 0 Å². The van der Waals surface area contributed by atoms with Crippen molar-refractivity contribution >= 4 is 28.5 Å². The van der Waals surface area contributed by atoms with Crippen molar-refractivity contribution in [3.8, 4) is 11.1 Å². The molecule has 0 aliphatic carbocycles. The maximum absolute atomic E-state index is 15.5. The number of H-pyrrole nitrogens is 2. The molecule has 43 heavy (non-hydrogen) atoms. The average molecular weight is 576 g/mol. The zero-order chi connectivity index (χ0) is 29.9. The first-order chi connectivity index (χ1) is 20.9. The molecule has 214 valence electrons. The molecule has 3 heterocycles. The summed E-state index contributed by atoms with van der Waals surface area (Å²) in [4.78, 5) is 49.0. The van der Waals surface area contributed by atoms with Gasteiger partial charge in [0.1, 0.15) is 28.6 Å². The number of amides is 2. The van der Waals surface area contributed by atoms with Crippen LogP contribution in [0.4, 0.5) is 10.1 Å². The van der Waals surface area contributed by atoms with E-state index in [4.69, 9.17) is 0 Å². The van der Waals surface area contributed by atoms with Gasteiger partial charge in [0.25, 0.3) is 11.5 Å². The number of aryl methyl sites for hydroxylation is 1. The van der Waals surface area contributed by atoms with Crippen LogP contribution in [0.15, 0.2) is 108 Å². The molecule has 10 nitrogen and oxygen atoms in total. The van der Waals surface area contributed by atoms with Gasteiger partial charge in [-0.05, 0) is 35.4 Å². The quantitative estimate of drug-likeness (QED) is 0.214. The minimum absolute atomic E-state index is 0.189. The number of pyridine rings is 1. The number of aromatic amines is 2. The Hall–Kier alpha value is -5.84. The minimum atomic E-state index is -1.09. The van der Waals surface area contributed by atoms with Crippen LogP contribution in [-0.2, 0) is 11.8 Å². The summed E-state index contributed by atoms with van der Waals surface area (Å²) in [5.74, 6) is -2.23. The number of anilines is 1. The van der Waals surface area contributed by atoms with Crippen molar-refractivity contribution in [3.05, 3.63) is 137 Å². The Labute approximate surface area is 244 Å². The van der Waals surface area contributed by atoms with Gasteiger partial charge in [-0.1, -0.05) is 60.7 Å². The molecule has 2 amide bonds. The summed E-state index contributed by atoms with van der Waals surface area (Å²) in [6.07, 6.45) is 4.27. The number of carbonyl (C=O) groups is 2. The van der Waals surface area contributed by atoms with E-state index >= 15 is 4.39 Å². The van der Waals surface area contributed by atoms with Crippen molar-refractivity contribution in [1.29, 1.82) is 0 Å². The molecule has 6 aromatic rings. The molecular formula is C32H26FN7O3. The van der Waals surface area contributed by atoms with Gasteiger partial charge in [0.2, 0.25) is 5.91 Å². The van der Waals surface area contributed by atoms with E-state index in [-0.39, 0.29) is 28.0 Å². The smallest absolute Gasteiger partial charge is 0.273 e. The SMILES string of the molecule is Cn1nccc1C(=O)N[C@H](C(=O)Nc1ccc(-c2c[nH]c(=O)c3[nH]cnc23)c(F)c1)C(c1ccccc1)c1ccccc1. The van der Waals surface area contributed by atoms with Crippen LogP contribution in [0.25, 0.3) is 22.2 Å². The molecule has 0 saturated heterocycles. The van der Waals surface area contributed by atoms with Gasteiger partial charge < -0.3 is 20.6 Å². The first kappa shape index (κ1) is 27.3. The van der Waals surface area contributed by atoms with E-state index in [1.807, 2.05) is 60.7 Å². The van der Waals surface area contributed by atoms with Crippen molar-refractivity contribution in [1.82, 2.24) is 30.0 Å². The molecule has 0 aliphatic rings. The number of benzene rings is 3. The van der Waals surface area contributed by atoms with Gasteiger partial charge in [0.05, 0.1) is 6.33 Å². The van der Waals surface area contributed by atoms with Crippen molar-refractivity contribution < 1.29 is 14.0 Å². The second kappa shape index (κ2) is 11.6. The minimum Gasteiger partial charge on any atom is -0.340 e. The highest BCUT2D eigenvalue weighted by atomic mass is 19.1. The monoisotopic (exact) mass is 575 g/mol. The average Bonchev–Trinajstić information content (AvgIpc) is 3.69. The number of hydrogen-bond donors (Lipinski definition) is 4. The predicted octanol–water partition coefficient (Wildman–Crippen LogP) is 4.36. The lowest BCUT2D eigenvalue weighted by atomic mass is 9.84. The van der Waals surface area contributed by atoms with E-state index in [0.29, 0.717) is 11.1 Å². The first-order valence-electron chi connectivity index (χ1n) is 13.4. The third kappa shape index (κ3) is 5.43. The maximum atomic E-state index is 15.5. The molecule has 0 aliphatic heterocycles. The van der Waals surface area contributed by atoms with E-state index in [9.17, 15) is 14.4 Å². The second-order valence-corrected chi connectivity index (χ2v) is 9.93. The predicted molar refractivity (Wildman–Crippen MR) is 160 cm³/mol. The topological polar surface area (TPSA) is 138 Å². The normalized spacial score (nSPS) is 11.9. The summed E-state index contributed by atoms with van der Waals surface area (Å²) in [5, 5.41) is 9.76. The number of nitrogens with zero attached hydrogens (tertiary/aromatic N) is 3. The lowest BCUT2D eigenvalue weighted by Gasteiger charge is -2.28. The zero-order valence-corrected chi connectivity index (χ0v) is 22.9. The van der Waals surface area contributed by atoms with Crippen LogP contribution in [0.2, 0.25) is 0 Å². The molecule has 11 heteroatoms. The summed E-state index contributed by atoms with van der Waals surface area (Å²) in [6.45, 7) is 0. The number of fused-ring (bicyclic) bond motifs is 1. The molecule has 0 bridgehead atoms. The van der Waals surface area contributed by atoms with Crippen LogP contribution in [0, 0.1) is 5.82 Å². The maximum Gasteiger partial charge on any atom is 0.273 e. The molecule has 6 rings (SSSR count). The molecule has 0 saturated carbocycles. The highest BCUT2D eigenvalue weighted by molar-refractivity contribution is 6.01. The molecule has 3 aromatic heterocycles. The van der Waals surface area contributed by atoms with Crippen LogP contribution in [0.1, 0.15) is 27.5 Å². The Bertz CT molecular complexity index is 1940. The van der Waals surface area contributed by atoms with E-state index in [1.165, 1.54) is 35.5 Å². The molecule has 0 radical (unpaired) electrons. The first-order valence-corrected chi connectivity index (χ1v) is 13.4. The third-order valence-corrected chi connectivity index (χ3v) is 7.27. The van der Waals surface area contributed by atoms with Crippen LogP contribution in [0.3, 0.4) is 0 Å².